The number of fused-ring (bicyclic) bond motifs is 2. The van der Waals surface area contributed by atoms with Crippen LogP contribution in [-0.4, -0.2) is 66.7 Å². The highest BCUT2D eigenvalue weighted by Crippen LogP contribution is 2.30. The SMILES string of the molecule is CC1=CC(N2CCNC(C)(C)C2)=CN2C1=NC(c1cc3c(C)nc(C)cn3n1)=CC2O. The number of amidine groups is 1. The largest absolute Gasteiger partial charge is 0.369 e. The number of nitrogens with one attached hydrogen (secondary N) is 1. The Labute approximate surface area is 182 Å². The van der Waals surface area contributed by atoms with Crippen LogP contribution in [0.3, 0.4) is 0 Å². The third kappa shape index (κ3) is 3.55. The minimum Gasteiger partial charge on any atom is -0.369 e. The molecule has 3 aliphatic heterocycles. The lowest BCUT2D eigenvalue weighted by atomic mass is 10.0. The van der Waals surface area contributed by atoms with E-state index >= 15 is 0 Å². The van der Waals surface area contributed by atoms with Gasteiger partial charge in [-0.1, -0.05) is 0 Å². The van der Waals surface area contributed by atoms with Crippen molar-refractivity contribution in [3.63, 3.8) is 0 Å². The van der Waals surface area contributed by atoms with E-state index in [0.29, 0.717) is 5.70 Å². The summed E-state index contributed by atoms with van der Waals surface area (Å²) in [6.07, 6.45) is 7.03. The molecule has 0 spiro atoms. The van der Waals surface area contributed by atoms with E-state index in [1.165, 1.54) is 0 Å². The van der Waals surface area contributed by atoms with Crippen LogP contribution in [-0.2, 0) is 0 Å². The number of aryl methyl sites for hydroxylation is 2. The first-order valence-corrected chi connectivity index (χ1v) is 10.7. The van der Waals surface area contributed by atoms with Gasteiger partial charge >= 0.3 is 0 Å². The van der Waals surface area contributed by atoms with Crippen molar-refractivity contribution in [3.8, 4) is 0 Å². The second-order valence-electron chi connectivity index (χ2n) is 9.25. The molecule has 2 N–H and O–H groups in total. The Bertz CT molecular complexity index is 1180. The first-order valence-electron chi connectivity index (χ1n) is 10.7. The van der Waals surface area contributed by atoms with E-state index in [1.54, 1.807) is 6.08 Å². The van der Waals surface area contributed by atoms with E-state index in [4.69, 9.17) is 4.99 Å². The van der Waals surface area contributed by atoms with Gasteiger partial charge in [0.05, 0.1) is 34.5 Å². The van der Waals surface area contributed by atoms with Gasteiger partial charge in [-0.3, -0.25) is 4.98 Å². The summed E-state index contributed by atoms with van der Waals surface area (Å²) in [6, 6.07) is 1.98. The lowest BCUT2D eigenvalue weighted by molar-refractivity contribution is 0.122. The molecule has 3 aliphatic rings. The van der Waals surface area contributed by atoms with Crippen LogP contribution in [0.4, 0.5) is 0 Å². The van der Waals surface area contributed by atoms with Crippen LogP contribution in [0.1, 0.15) is 37.9 Å². The van der Waals surface area contributed by atoms with Crippen LogP contribution < -0.4 is 5.32 Å². The zero-order valence-electron chi connectivity index (χ0n) is 18.7. The van der Waals surface area contributed by atoms with Crippen LogP contribution >= 0.6 is 0 Å². The molecule has 1 fully saturated rings. The first-order chi connectivity index (χ1) is 14.7. The third-order valence-electron chi connectivity index (χ3n) is 6.01. The molecular weight excluding hydrogens is 390 g/mol. The number of rotatable bonds is 2. The van der Waals surface area contributed by atoms with Gasteiger partial charge in [-0.25, -0.2) is 9.51 Å². The Balaban J connectivity index is 1.48. The van der Waals surface area contributed by atoms with E-state index in [1.807, 2.05) is 48.6 Å². The minimum atomic E-state index is -0.803. The maximum Gasteiger partial charge on any atom is 0.153 e. The second-order valence-corrected chi connectivity index (χ2v) is 9.25. The Kier molecular flexibility index (Phi) is 4.53. The fraction of sp³-hybridized carbons (Fsp3) is 0.435. The summed E-state index contributed by atoms with van der Waals surface area (Å²) in [5.74, 6) is 0.756. The van der Waals surface area contributed by atoms with Gasteiger partial charge in [0.2, 0.25) is 0 Å². The topological polar surface area (TPSA) is 81.3 Å². The summed E-state index contributed by atoms with van der Waals surface area (Å²) >= 11 is 0. The van der Waals surface area contributed by atoms with E-state index in [0.717, 1.165) is 59.3 Å². The van der Waals surface area contributed by atoms with Gasteiger partial charge in [0.1, 0.15) is 11.5 Å². The molecule has 162 valence electrons. The van der Waals surface area contributed by atoms with Crippen molar-refractivity contribution in [1.82, 2.24) is 29.7 Å². The van der Waals surface area contributed by atoms with Crippen LogP contribution in [0.15, 0.2) is 46.9 Å². The van der Waals surface area contributed by atoms with Crippen molar-refractivity contribution in [2.24, 2.45) is 4.99 Å². The summed E-state index contributed by atoms with van der Waals surface area (Å²) in [5, 5.41) is 19.2. The number of nitrogens with zero attached hydrogens (tertiary/aromatic N) is 6. The molecule has 1 unspecified atom stereocenters. The van der Waals surface area contributed by atoms with Gasteiger partial charge in [0.15, 0.2) is 6.23 Å². The Morgan fingerprint density at radius 1 is 1.23 bits per heavy atom. The molecule has 0 amide bonds. The van der Waals surface area contributed by atoms with Gasteiger partial charge in [0.25, 0.3) is 0 Å². The zero-order valence-corrected chi connectivity index (χ0v) is 18.7. The molecule has 0 saturated carbocycles. The normalized spacial score (nSPS) is 23.2. The predicted molar refractivity (Wildman–Crippen MR) is 121 cm³/mol. The number of piperazine rings is 1. The van der Waals surface area contributed by atoms with Gasteiger partial charge in [0, 0.05) is 31.4 Å². The number of allylic oxidation sites excluding steroid dienone is 1. The van der Waals surface area contributed by atoms with E-state index in [-0.39, 0.29) is 5.54 Å². The minimum absolute atomic E-state index is 0.0528. The van der Waals surface area contributed by atoms with Crippen molar-refractivity contribution in [2.75, 3.05) is 19.6 Å². The standard InChI is InChI=1S/C23H29N7O/c1-14-8-17(28-7-6-24-23(4,5)13-28)12-29-21(31)10-18(26-22(14)29)19-9-20-16(3)25-15(2)11-30(20)27-19/h8-12,21,24,31H,6-7,13H2,1-5H3. The molecule has 1 atom stereocenters. The summed E-state index contributed by atoms with van der Waals surface area (Å²) in [5.41, 5.74) is 6.36. The fourth-order valence-corrected chi connectivity index (χ4v) is 4.54. The molecular formula is C23H29N7O. The summed E-state index contributed by atoms with van der Waals surface area (Å²) in [7, 11) is 0. The van der Waals surface area contributed by atoms with Crippen LogP contribution in [0, 0.1) is 13.8 Å². The number of hydrogen-bond donors (Lipinski definition) is 2. The molecule has 31 heavy (non-hydrogen) atoms. The number of aliphatic hydroxyl groups is 1. The molecule has 8 nitrogen and oxygen atoms in total. The molecule has 2 aromatic rings. The molecule has 0 radical (unpaired) electrons. The van der Waals surface area contributed by atoms with Gasteiger partial charge in [-0.05, 0) is 58.4 Å². The number of aliphatic imine (C=N–C) groups is 1. The summed E-state index contributed by atoms with van der Waals surface area (Å²) in [4.78, 5) is 13.6. The van der Waals surface area contributed by atoms with Crippen molar-refractivity contribution in [2.45, 2.75) is 46.4 Å². The molecule has 1 saturated heterocycles. The number of hydrogen-bond acceptors (Lipinski definition) is 7. The van der Waals surface area contributed by atoms with Gasteiger partial charge in [-0.2, -0.15) is 5.10 Å². The predicted octanol–water partition coefficient (Wildman–Crippen LogP) is 2.20. The second kappa shape index (κ2) is 7.03. The highest BCUT2D eigenvalue weighted by atomic mass is 16.3. The fourth-order valence-electron chi connectivity index (χ4n) is 4.54. The lowest BCUT2D eigenvalue weighted by Gasteiger charge is -2.43. The van der Waals surface area contributed by atoms with E-state index < -0.39 is 6.23 Å². The number of aromatic nitrogens is 3. The summed E-state index contributed by atoms with van der Waals surface area (Å²) < 4.78 is 1.83. The maximum absolute atomic E-state index is 11.0. The molecule has 0 bridgehead atoms. The molecule has 8 heteroatoms. The Hall–Kier alpha value is -2.97. The molecule has 0 aromatic carbocycles. The quantitative estimate of drug-likeness (QED) is 0.777. The molecule has 2 aromatic heterocycles. The molecule has 0 aliphatic carbocycles. The van der Waals surface area contributed by atoms with Crippen molar-refractivity contribution in [1.29, 1.82) is 0 Å². The maximum atomic E-state index is 11.0. The third-order valence-corrected chi connectivity index (χ3v) is 6.01. The van der Waals surface area contributed by atoms with Crippen LogP contribution in [0.5, 0.6) is 0 Å². The molecule has 5 rings (SSSR count). The highest BCUT2D eigenvalue weighted by Gasteiger charge is 2.32. The molecule has 5 heterocycles. The average Bonchev–Trinajstić information content (AvgIpc) is 3.12. The number of aliphatic hydroxyl groups excluding tert-OH is 1. The Morgan fingerprint density at radius 3 is 2.81 bits per heavy atom. The summed E-state index contributed by atoms with van der Waals surface area (Å²) in [6.45, 7) is 13.2. The van der Waals surface area contributed by atoms with Crippen LogP contribution in [0.25, 0.3) is 11.2 Å². The van der Waals surface area contributed by atoms with Gasteiger partial charge < -0.3 is 20.2 Å². The van der Waals surface area contributed by atoms with Gasteiger partial charge in [-0.15, -0.1) is 0 Å². The smallest absolute Gasteiger partial charge is 0.153 e. The van der Waals surface area contributed by atoms with E-state index in [2.05, 4.69) is 40.2 Å². The lowest BCUT2D eigenvalue weighted by Crippen LogP contribution is -2.56. The zero-order chi connectivity index (χ0) is 21.9. The van der Waals surface area contributed by atoms with Crippen molar-refractivity contribution < 1.29 is 5.11 Å². The average molecular weight is 420 g/mol. The van der Waals surface area contributed by atoms with Crippen LogP contribution in [0.2, 0.25) is 0 Å². The van der Waals surface area contributed by atoms with Crippen molar-refractivity contribution >= 4 is 17.0 Å². The monoisotopic (exact) mass is 419 g/mol. The Morgan fingerprint density at radius 2 is 2.03 bits per heavy atom. The van der Waals surface area contributed by atoms with E-state index in [9.17, 15) is 5.11 Å². The first kappa shape index (κ1) is 20.0. The highest BCUT2D eigenvalue weighted by molar-refractivity contribution is 6.04. The van der Waals surface area contributed by atoms with Crippen molar-refractivity contribution in [3.05, 3.63) is 59.0 Å².